The zero-order valence-electron chi connectivity index (χ0n) is 16.2. The van der Waals surface area contributed by atoms with Crippen molar-refractivity contribution >= 4 is 28.8 Å². The highest BCUT2D eigenvalue weighted by atomic mass is 32.1. The van der Waals surface area contributed by atoms with E-state index in [-0.39, 0.29) is 17.9 Å². The lowest BCUT2D eigenvalue weighted by atomic mass is 9.98. The second-order valence-corrected chi connectivity index (χ2v) is 7.98. The third-order valence-corrected chi connectivity index (χ3v) is 5.44. The monoisotopic (exact) mass is 392 g/mol. The third kappa shape index (κ3) is 4.87. The van der Waals surface area contributed by atoms with Crippen molar-refractivity contribution in [2.75, 3.05) is 5.32 Å². The molecule has 28 heavy (non-hydrogen) atoms. The van der Waals surface area contributed by atoms with Gasteiger partial charge in [-0.25, -0.2) is 0 Å². The molecule has 2 N–H and O–H groups in total. The molecule has 0 aliphatic heterocycles. The molecule has 1 aromatic heterocycles. The number of anilines is 1. The van der Waals surface area contributed by atoms with Gasteiger partial charge < -0.3 is 10.6 Å². The number of hydrogen-bond donors (Lipinski definition) is 2. The maximum Gasteiger partial charge on any atom is 0.252 e. The van der Waals surface area contributed by atoms with E-state index < -0.39 is 0 Å². The first-order valence-electron chi connectivity index (χ1n) is 9.26. The summed E-state index contributed by atoms with van der Waals surface area (Å²) in [5.74, 6) is 0.173. The molecule has 0 aliphatic rings. The Morgan fingerprint density at radius 3 is 2.07 bits per heavy atom. The summed E-state index contributed by atoms with van der Waals surface area (Å²) < 4.78 is 0. The van der Waals surface area contributed by atoms with E-state index in [0.717, 1.165) is 10.4 Å². The Morgan fingerprint density at radius 2 is 1.54 bits per heavy atom. The molecule has 0 saturated carbocycles. The van der Waals surface area contributed by atoms with Gasteiger partial charge in [-0.2, -0.15) is 0 Å². The van der Waals surface area contributed by atoms with E-state index in [1.165, 1.54) is 12.5 Å². The van der Waals surface area contributed by atoms with Gasteiger partial charge in [-0.3, -0.25) is 9.59 Å². The van der Waals surface area contributed by atoms with Gasteiger partial charge in [0.05, 0.1) is 6.04 Å². The van der Waals surface area contributed by atoms with Crippen molar-refractivity contribution in [2.24, 2.45) is 0 Å². The molecule has 2 aromatic carbocycles. The molecule has 0 fully saturated rings. The van der Waals surface area contributed by atoms with Gasteiger partial charge >= 0.3 is 0 Å². The van der Waals surface area contributed by atoms with E-state index in [4.69, 9.17) is 0 Å². The zero-order valence-corrected chi connectivity index (χ0v) is 17.0. The summed E-state index contributed by atoms with van der Waals surface area (Å²) in [6.07, 6.45) is 0. The summed E-state index contributed by atoms with van der Waals surface area (Å²) in [6, 6.07) is 19.1. The summed E-state index contributed by atoms with van der Waals surface area (Å²) in [5.41, 5.74) is 3.54. The van der Waals surface area contributed by atoms with Crippen LogP contribution >= 0.6 is 11.3 Å². The quantitative estimate of drug-likeness (QED) is 0.594. The van der Waals surface area contributed by atoms with Crippen LogP contribution in [0.1, 0.15) is 59.1 Å². The number of benzene rings is 2. The lowest BCUT2D eigenvalue weighted by Gasteiger charge is -2.19. The van der Waals surface area contributed by atoms with Gasteiger partial charge in [0.25, 0.3) is 5.91 Å². The molecular formula is C23H24N2O2S. The number of carbonyl (C=O) groups is 2. The lowest BCUT2D eigenvalue weighted by molar-refractivity contribution is -0.114. The Bertz CT molecular complexity index is 930. The first kappa shape index (κ1) is 19.8. The SMILES string of the molecule is CC(=O)Nc1ccc(C(=O)NC(c2ccc(C(C)C)cc2)c2cccs2)cc1. The van der Waals surface area contributed by atoms with Crippen LogP contribution in [0, 0.1) is 0 Å². The van der Waals surface area contributed by atoms with Crippen LogP contribution in [0.5, 0.6) is 0 Å². The largest absolute Gasteiger partial charge is 0.340 e. The minimum atomic E-state index is -0.205. The standard InChI is InChI=1S/C23H24N2O2S/c1-15(2)17-6-8-18(9-7-17)22(21-5-4-14-28-21)25-23(27)19-10-12-20(13-11-19)24-16(3)26/h4-15,22H,1-3H3,(H,24,26)(H,25,27). The maximum atomic E-state index is 12.8. The van der Waals surface area contributed by atoms with Gasteiger partial charge in [0.2, 0.25) is 5.91 Å². The van der Waals surface area contributed by atoms with Crippen LogP contribution in [0.4, 0.5) is 5.69 Å². The molecule has 1 atom stereocenters. The van der Waals surface area contributed by atoms with Crippen molar-refractivity contribution in [3.05, 3.63) is 87.6 Å². The van der Waals surface area contributed by atoms with Gasteiger partial charge in [-0.15, -0.1) is 11.3 Å². The molecule has 1 unspecified atom stereocenters. The number of carbonyl (C=O) groups excluding carboxylic acids is 2. The Labute approximate surface area is 169 Å². The van der Waals surface area contributed by atoms with Crippen molar-refractivity contribution in [2.45, 2.75) is 32.7 Å². The molecule has 0 radical (unpaired) electrons. The summed E-state index contributed by atoms with van der Waals surface area (Å²) in [7, 11) is 0. The predicted octanol–water partition coefficient (Wildman–Crippen LogP) is 5.35. The van der Waals surface area contributed by atoms with Crippen LogP contribution in [0.25, 0.3) is 0 Å². The van der Waals surface area contributed by atoms with Crippen LogP contribution in [0.15, 0.2) is 66.0 Å². The second-order valence-electron chi connectivity index (χ2n) is 7.00. The Kier molecular flexibility index (Phi) is 6.26. The van der Waals surface area contributed by atoms with E-state index in [0.29, 0.717) is 17.2 Å². The van der Waals surface area contributed by atoms with Gasteiger partial charge in [-0.05, 0) is 52.8 Å². The van der Waals surface area contributed by atoms with Crippen LogP contribution in [-0.2, 0) is 4.79 Å². The molecule has 5 heteroatoms. The number of hydrogen-bond acceptors (Lipinski definition) is 3. The van der Waals surface area contributed by atoms with Crippen molar-refractivity contribution in [3.8, 4) is 0 Å². The molecule has 144 valence electrons. The first-order valence-corrected chi connectivity index (χ1v) is 10.1. The molecule has 3 aromatic rings. The van der Waals surface area contributed by atoms with E-state index in [2.05, 4.69) is 48.7 Å². The van der Waals surface area contributed by atoms with Crippen LogP contribution in [0.3, 0.4) is 0 Å². The van der Waals surface area contributed by atoms with Crippen LogP contribution in [0.2, 0.25) is 0 Å². The van der Waals surface area contributed by atoms with E-state index in [1.807, 2.05) is 17.5 Å². The normalized spacial score (nSPS) is 11.9. The highest BCUT2D eigenvalue weighted by Crippen LogP contribution is 2.28. The van der Waals surface area contributed by atoms with E-state index in [1.54, 1.807) is 35.6 Å². The third-order valence-electron chi connectivity index (χ3n) is 4.51. The predicted molar refractivity (Wildman–Crippen MR) is 115 cm³/mol. The first-order chi connectivity index (χ1) is 13.4. The molecule has 0 aliphatic carbocycles. The van der Waals surface area contributed by atoms with Gasteiger partial charge in [0.1, 0.15) is 0 Å². The average Bonchev–Trinajstić information content (AvgIpc) is 3.20. The molecule has 2 amide bonds. The fraction of sp³-hybridized carbons (Fsp3) is 0.217. The molecule has 3 rings (SSSR count). The van der Waals surface area contributed by atoms with Crippen molar-refractivity contribution in [1.82, 2.24) is 5.32 Å². The Morgan fingerprint density at radius 1 is 0.893 bits per heavy atom. The molecule has 0 spiro atoms. The van der Waals surface area contributed by atoms with Crippen molar-refractivity contribution < 1.29 is 9.59 Å². The highest BCUT2D eigenvalue weighted by Gasteiger charge is 2.19. The van der Waals surface area contributed by atoms with Gasteiger partial charge in [0.15, 0.2) is 0 Å². The lowest BCUT2D eigenvalue weighted by Crippen LogP contribution is -2.28. The van der Waals surface area contributed by atoms with Crippen molar-refractivity contribution in [1.29, 1.82) is 0 Å². The summed E-state index contributed by atoms with van der Waals surface area (Å²) in [6.45, 7) is 5.78. The molecule has 4 nitrogen and oxygen atoms in total. The second kappa shape index (κ2) is 8.85. The molecule has 1 heterocycles. The summed E-state index contributed by atoms with van der Waals surface area (Å²) in [5, 5.41) is 7.86. The minimum absolute atomic E-state index is 0.139. The average molecular weight is 393 g/mol. The van der Waals surface area contributed by atoms with Crippen LogP contribution < -0.4 is 10.6 Å². The number of amides is 2. The molecule has 0 saturated heterocycles. The van der Waals surface area contributed by atoms with E-state index in [9.17, 15) is 9.59 Å². The highest BCUT2D eigenvalue weighted by molar-refractivity contribution is 7.10. The number of nitrogens with one attached hydrogen (secondary N) is 2. The summed E-state index contributed by atoms with van der Waals surface area (Å²) >= 11 is 1.62. The van der Waals surface area contributed by atoms with Crippen molar-refractivity contribution in [3.63, 3.8) is 0 Å². The fourth-order valence-electron chi connectivity index (χ4n) is 2.97. The Hall–Kier alpha value is -2.92. The maximum absolute atomic E-state index is 12.8. The summed E-state index contributed by atoms with van der Waals surface area (Å²) in [4.78, 5) is 25.1. The van der Waals surface area contributed by atoms with Crippen LogP contribution in [-0.4, -0.2) is 11.8 Å². The minimum Gasteiger partial charge on any atom is -0.340 e. The Balaban J connectivity index is 1.82. The topological polar surface area (TPSA) is 58.2 Å². The molecular weight excluding hydrogens is 368 g/mol. The molecule has 0 bridgehead atoms. The van der Waals surface area contributed by atoms with Gasteiger partial charge in [-0.1, -0.05) is 44.2 Å². The number of thiophene rings is 1. The number of rotatable bonds is 6. The fourth-order valence-corrected chi connectivity index (χ4v) is 3.77. The van der Waals surface area contributed by atoms with E-state index >= 15 is 0 Å². The van der Waals surface area contributed by atoms with Gasteiger partial charge in [0, 0.05) is 23.1 Å². The smallest absolute Gasteiger partial charge is 0.252 e. The zero-order chi connectivity index (χ0) is 20.1.